The second-order valence-electron chi connectivity index (χ2n) is 7.09. The molecule has 2 aliphatic rings. The van der Waals surface area contributed by atoms with Crippen molar-refractivity contribution in [3.05, 3.63) is 0 Å². The van der Waals surface area contributed by atoms with Gasteiger partial charge in [0.25, 0.3) is 0 Å². The lowest BCUT2D eigenvalue weighted by molar-refractivity contribution is 0.0578. The molecule has 2 rings (SSSR count). The molecule has 0 radical (unpaired) electrons. The van der Waals surface area contributed by atoms with Crippen LogP contribution in [0.1, 0.15) is 71.6 Å². The van der Waals surface area contributed by atoms with Crippen molar-refractivity contribution in [2.24, 2.45) is 11.8 Å². The van der Waals surface area contributed by atoms with Crippen LogP contribution in [-0.2, 0) is 4.74 Å². The third kappa shape index (κ3) is 5.83. The molecule has 0 aliphatic heterocycles. The topological polar surface area (TPSA) is 21.3 Å². The molecule has 0 aromatic carbocycles. The van der Waals surface area contributed by atoms with Crippen LogP contribution in [0.15, 0.2) is 0 Å². The highest BCUT2D eigenvalue weighted by Gasteiger charge is 2.22. The molecule has 19 heavy (non-hydrogen) atoms. The van der Waals surface area contributed by atoms with Gasteiger partial charge in [0.05, 0.1) is 12.7 Å². The van der Waals surface area contributed by atoms with Crippen LogP contribution in [0.4, 0.5) is 0 Å². The minimum Gasteiger partial charge on any atom is -0.377 e. The van der Waals surface area contributed by atoms with Crippen molar-refractivity contribution in [1.29, 1.82) is 0 Å². The second kappa shape index (κ2) is 8.26. The van der Waals surface area contributed by atoms with E-state index in [1.807, 2.05) is 0 Å². The summed E-state index contributed by atoms with van der Waals surface area (Å²) in [6.45, 7) is 6.67. The number of hydrogen-bond acceptors (Lipinski definition) is 2. The van der Waals surface area contributed by atoms with Crippen LogP contribution in [0.5, 0.6) is 0 Å². The first-order valence-electron chi connectivity index (χ1n) is 8.59. The van der Waals surface area contributed by atoms with Gasteiger partial charge in [-0.25, -0.2) is 0 Å². The maximum absolute atomic E-state index is 5.92. The van der Waals surface area contributed by atoms with Gasteiger partial charge in [-0.15, -0.1) is 0 Å². The minimum atomic E-state index is 0.571. The summed E-state index contributed by atoms with van der Waals surface area (Å²) in [6, 6.07) is 0.754. The van der Waals surface area contributed by atoms with E-state index in [0.717, 1.165) is 31.0 Å². The van der Waals surface area contributed by atoms with E-state index in [1.54, 1.807) is 0 Å². The SMILES string of the molecule is CC(C)CC1CCCC(NCCOC2CCCC2)C1. The third-order valence-electron chi connectivity index (χ3n) is 4.78. The first-order valence-corrected chi connectivity index (χ1v) is 8.59. The Balaban J connectivity index is 1.54. The molecular weight excluding hydrogens is 234 g/mol. The molecule has 2 unspecified atom stereocenters. The molecule has 0 bridgehead atoms. The summed E-state index contributed by atoms with van der Waals surface area (Å²) in [5.74, 6) is 1.82. The molecule has 0 spiro atoms. The van der Waals surface area contributed by atoms with Gasteiger partial charge in [0.15, 0.2) is 0 Å². The van der Waals surface area contributed by atoms with Crippen LogP contribution in [0.2, 0.25) is 0 Å². The van der Waals surface area contributed by atoms with E-state index in [0.29, 0.717) is 6.10 Å². The number of nitrogens with one attached hydrogen (secondary N) is 1. The van der Waals surface area contributed by atoms with Gasteiger partial charge < -0.3 is 10.1 Å². The molecule has 0 aromatic rings. The zero-order valence-corrected chi connectivity index (χ0v) is 13.0. The van der Waals surface area contributed by atoms with E-state index in [1.165, 1.54) is 57.8 Å². The van der Waals surface area contributed by atoms with Crippen molar-refractivity contribution >= 4 is 0 Å². The van der Waals surface area contributed by atoms with E-state index in [-0.39, 0.29) is 0 Å². The van der Waals surface area contributed by atoms with Gasteiger partial charge in [0.1, 0.15) is 0 Å². The number of hydrogen-bond donors (Lipinski definition) is 1. The van der Waals surface area contributed by atoms with Crippen LogP contribution in [0, 0.1) is 11.8 Å². The van der Waals surface area contributed by atoms with Crippen LogP contribution in [-0.4, -0.2) is 25.3 Å². The molecule has 2 aliphatic carbocycles. The zero-order valence-electron chi connectivity index (χ0n) is 13.0. The molecule has 2 heteroatoms. The maximum atomic E-state index is 5.92. The highest BCUT2D eigenvalue weighted by molar-refractivity contribution is 4.78. The van der Waals surface area contributed by atoms with Crippen molar-refractivity contribution in [3.8, 4) is 0 Å². The predicted molar refractivity (Wildman–Crippen MR) is 81.4 cm³/mol. The van der Waals surface area contributed by atoms with E-state index >= 15 is 0 Å². The average molecular weight is 267 g/mol. The fourth-order valence-electron chi connectivity index (χ4n) is 3.90. The van der Waals surface area contributed by atoms with Gasteiger partial charge in [-0.2, -0.15) is 0 Å². The Hall–Kier alpha value is -0.0800. The Morgan fingerprint density at radius 2 is 1.84 bits per heavy atom. The van der Waals surface area contributed by atoms with Crippen molar-refractivity contribution in [1.82, 2.24) is 5.32 Å². The van der Waals surface area contributed by atoms with Gasteiger partial charge in [0.2, 0.25) is 0 Å². The molecule has 2 saturated carbocycles. The predicted octanol–water partition coefficient (Wildman–Crippen LogP) is 4.14. The van der Waals surface area contributed by atoms with E-state index in [4.69, 9.17) is 4.74 Å². The van der Waals surface area contributed by atoms with E-state index < -0.39 is 0 Å². The Morgan fingerprint density at radius 1 is 1.05 bits per heavy atom. The van der Waals surface area contributed by atoms with Crippen molar-refractivity contribution in [2.75, 3.05) is 13.2 Å². The Labute approximate surface area is 119 Å². The average Bonchev–Trinajstić information content (AvgIpc) is 2.87. The Morgan fingerprint density at radius 3 is 2.58 bits per heavy atom. The largest absolute Gasteiger partial charge is 0.377 e. The quantitative estimate of drug-likeness (QED) is 0.700. The molecule has 0 saturated heterocycles. The lowest BCUT2D eigenvalue weighted by Gasteiger charge is -2.31. The van der Waals surface area contributed by atoms with Crippen LogP contribution < -0.4 is 5.32 Å². The van der Waals surface area contributed by atoms with Gasteiger partial charge in [-0.05, 0) is 43.9 Å². The van der Waals surface area contributed by atoms with Gasteiger partial charge in [-0.3, -0.25) is 0 Å². The van der Waals surface area contributed by atoms with Crippen LogP contribution >= 0.6 is 0 Å². The summed E-state index contributed by atoms with van der Waals surface area (Å²) >= 11 is 0. The molecule has 2 atom stereocenters. The van der Waals surface area contributed by atoms with Gasteiger partial charge in [0, 0.05) is 12.6 Å². The summed E-state index contributed by atoms with van der Waals surface area (Å²) < 4.78 is 5.92. The van der Waals surface area contributed by atoms with E-state index in [9.17, 15) is 0 Å². The smallest absolute Gasteiger partial charge is 0.0594 e. The van der Waals surface area contributed by atoms with E-state index in [2.05, 4.69) is 19.2 Å². The summed E-state index contributed by atoms with van der Waals surface area (Å²) in [7, 11) is 0. The fourth-order valence-corrected chi connectivity index (χ4v) is 3.90. The normalized spacial score (nSPS) is 29.2. The molecule has 2 fully saturated rings. The molecule has 2 nitrogen and oxygen atoms in total. The minimum absolute atomic E-state index is 0.571. The standard InChI is InChI=1S/C17H33NO/c1-14(2)12-15-6-5-7-16(13-15)18-10-11-19-17-8-3-4-9-17/h14-18H,3-13H2,1-2H3. The number of ether oxygens (including phenoxy) is 1. The Kier molecular flexibility index (Phi) is 6.66. The molecular formula is C17H33NO. The van der Waals surface area contributed by atoms with Gasteiger partial charge >= 0.3 is 0 Å². The van der Waals surface area contributed by atoms with Crippen molar-refractivity contribution in [2.45, 2.75) is 83.8 Å². The monoisotopic (exact) mass is 267 g/mol. The fraction of sp³-hybridized carbons (Fsp3) is 1.00. The molecule has 112 valence electrons. The lowest BCUT2D eigenvalue weighted by Crippen LogP contribution is -2.36. The second-order valence-corrected chi connectivity index (χ2v) is 7.09. The Bertz CT molecular complexity index is 235. The lowest BCUT2D eigenvalue weighted by atomic mass is 9.81. The summed E-state index contributed by atoms with van der Waals surface area (Å²) in [6.07, 6.45) is 12.9. The highest BCUT2D eigenvalue weighted by Crippen LogP contribution is 2.29. The van der Waals surface area contributed by atoms with Crippen LogP contribution in [0.25, 0.3) is 0 Å². The summed E-state index contributed by atoms with van der Waals surface area (Å²) in [5.41, 5.74) is 0. The number of rotatable bonds is 7. The zero-order chi connectivity index (χ0) is 13.5. The van der Waals surface area contributed by atoms with Crippen molar-refractivity contribution in [3.63, 3.8) is 0 Å². The molecule has 1 N–H and O–H groups in total. The summed E-state index contributed by atoms with van der Waals surface area (Å²) in [4.78, 5) is 0. The molecule has 0 heterocycles. The third-order valence-corrected chi connectivity index (χ3v) is 4.78. The van der Waals surface area contributed by atoms with Gasteiger partial charge in [-0.1, -0.05) is 39.5 Å². The highest BCUT2D eigenvalue weighted by atomic mass is 16.5. The first kappa shape index (κ1) is 15.3. The van der Waals surface area contributed by atoms with Crippen LogP contribution in [0.3, 0.4) is 0 Å². The summed E-state index contributed by atoms with van der Waals surface area (Å²) in [5, 5.41) is 3.72. The maximum Gasteiger partial charge on any atom is 0.0594 e. The first-order chi connectivity index (χ1) is 9.24. The molecule has 0 amide bonds. The molecule has 0 aromatic heterocycles. The van der Waals surface area contributed by atoms with Crippen molar-refractivity contribution < 1.29 is 4.74 Å².